The van der Waals surface area contributed by atoms with E-state index >= 15 is 0 Å². The fourth-order valence-electron chi connectivity index (χ4n) is 1.64. The predicted molar refractivity (Wildman–Crippen MR) is 77.2 cm³/mol. The van der Waals surface area contributed by atoms with E-state index in [0.717, 1.165) is 0 Å². The average molecular weight is 329 g/mol. The van der Waals surface area contributed by atoms with Gasteiger partial charge in [0.15, 0.2) is 0 Å². The molecule has 0 radical (unpaired) electrons. The summed E-state index contributed by atoms with van der Waals surface area (Å²) in [5.41, 5.74) is 5.25. The van der Waals surface area contributed by atoms with E-state index in [0.29, 0.717) is 17.3 Å². The molecular weight excluding hydrogens is 312 g/mol. The number of nitrogens with two attached hydrogens (primary N) is 1. The second-order valence-electron chi connectivity index (χ2n) is 4.28. The summed E-state index contributed by atoms with van der Waals surface area (Å²) in [5, 5.41) is 11.7. The number of carbonyl (C=O) groups is 2. The number of rotatable bonds is 5. The highest BCUT2D eigenvalue weighted by Crippen LogP contribution is 2.28. The van der Waals surface area contributed by atoms with Crippen LogP contribution < -0.4 is 11.1 Å². The lowest BCUT2D eigenvalue weighted by molar-refractivity contribution is -0.121. The van der Waals surface area contributed by atoms with Gasteiger partial charge in [-0.05, 0) is 40.9 Å². The zero-order chi connectivity index (χ0) is 14.6. The fraction of sp³-hybridized carbons (Fsp3) is 0.385. The van der Waals surface area contributed by atoms with Crippen molar-refractivity contribution in [2.45, 2.75) is 32.2 Å². The lowest BCUT2D eigenvalue weighted by Crippen LogP contribution is -2.50. The molecule has 0 aliphatic heterocycles. The normalized spacial score (nSPS) is 11.2. The number of carboxylic acid groups (broad SMARTS) is 1. The van der Waals surface area contributed by atoms with Gasteiger partial charge in [0.2, 0.25) is 5.91 Å². The van der Waals surface area contributed by atoms with Crippen LogP contribution in [0.5, 0.6) is 0 Å². The molecule has 0 atom stereocenters. The maximum absolute atomic E-state index is 12.2. The molecule has 0 spiro atoms. The molecule has 0 bridgehead atoms. The molecule has 0 aromatic heterocycles. The first-order chi connectivity index (χ1) is 8.85. The van der Waals surface area contributed by atoms with E-state index in [-0.39, 0.29) is 17.2 Å². The fourth-order valence-corrected chi connectivity index (χ4v) is 2.10. The van der Waals surface area contributed by atoms with Gasteiger partial charge in [0.1, 0.15) is 0 Å². The Morgan fingerprint density at radius 3 is 2.42 bits per heavy atom. The third kappa shape index (κ3) is 3.33. The Hall–Kier alpha value is -1.40. The van der Waals surface area contributed by atoms with Crippen LogP contribution in [-0.2, 0) is 4.79 Å². The molecule has 1 amide bonds. The molecule has 5 nitrogen and oxygen atoms in total. The van der Waals surface area contributed by atoms with Crippen molar-refractivity contribution in [1.82, 2.24) is 0 Å². The van der Waals surface area contributed by atoms with Gasteiger partial charge in [-0.25, -0.2) is 4.79 Å². The average Bonchev–Trinajstić information content (AvgIpc) is 2.39. The van der Waals surface area contributed by atoms with Crippen molar-refractivity contribution >= 4 is 33.5 Å². The van der Waals surface area contributed by atoms with Crippen LogP contribution >= 0.6 is 15.9 Å². The van der Waals surface area contributed by atoms with Crippen LogP contribution in [0.4, 0.5) is 5.69 Å². The van der Waals surface area contributed by atoms with Gasteiger partial charge >= 0.3 is 5.97 Å². The number of nitrogens with one attached hydrogen (secondary N) is 1. The van der Waals surface area contributed by atoms with Crippen molar-refractivity contribution in [3.63, 3.8) is 0 Å². The second kappa shape index (κ2) is 6.16. The van der Waals surface area contributed by atoms with Gasteiger partial charge in [-0.15, -0.1) is 0 Å². The molecule has 4 N–H and O–H groups in total. The highest BCUT2D eigenvalue weighted by molar-refractivity contribution is 9.10. The number of benzene rings is 1. The third-order valence-electron chi connectivity index (χ3n) is 3.20. The van der Waals surface area contributed by atoms with E-state index in [4.69, 9.17) is 10.8 Å². The van der Waals surface area contributed by atoms with Crippen LogP contribution in [0.25, 0.3) is 0 Å². The Morgan fingerprint density at radius 1 is 1.37 bits per heavy atom. The SMILES string of the molecule is CCC(N)(CC)C(=O)Nc1c(Br)cccc1C(=O)O. The quantitative estimate of drug-likeness (QED) is 0.774. The maximum Gasteiger partial charge on any atom is 0.337 e. The van der Waals surface area contributed by atoms with Crippen molar-refractivity contribution in [1.29, 1.82) is 0 Å². The first kappa shape index (κ1) is 15.7. The summed E-state index contributed by atoms with van der Waals surface area (Å²) in [5.74, 6) is -1.49. The van der Waals surface area contributed by atoms with E-state index in [1.165, 1.54) is 6.07 Å². The maximum atomic E-state index is 12.2. The molecular formula is C13H17BrN2O3. The van der Waals surface area contributed by atoms with E-state index in [1.807, 2.05) is 13.8 Å². The van der Waals surface area contributed by atoms with Crippen LogP contribution in [0, 0.1) is 0 Å². The molecule has 1 aromatic carbocycles. The number of carboxylic acids is 1. The van der Waals surface area contributed by atoms with Gasteiger partial charge in [-0.3, -0.25) is 4.79 Å². The number of halogens is 1. The van der Waals surface area contributed by atoms with Gasteiger partial charge in [0.25, 0.3) is 0 Å². The van der Waals surface area contributed by atoms with Crippen molar-refractivity contribution in [2.75, 3.05) is 5.32 Å². The molecule has 1 aromatic rings. The number of aromatic carboxylic acids is 1. The van der Waals surface area contributed by atoms with Gasteiger partial charge in [0, 0.05) is 4.47 Å². The van der Waals surface area contributed by atoms with Crippen molar-refractivity contribution in [2.24, 2.45) is 5.73 Å². The Bertz CT molecular complexity index is 499. The zero-order valence-corrected chi connectivity index (χ0v) is 12.5. The van der Waals surface area contributed by atoms with Gasteiger partial charge in [0.05, 0.1) is 16.8 Å². The summed E-state index contributed by atoms with van der Waals surface area (Å²) in [6.45, 7) is 3.64. The van der Waals surface area contributed by atoms with E-state index in [9.17, 15) is 9.59 Å². The van der Waals surface area contributed by atoms with Gasteiger partial charge in [-0.2, -0.15) is 0 Å². The first-order valence-corrected chi connectivity index (χ1v) is 6.77. The second-order valence-corrected chi connectivity index (χ2v) is 5.14. The van der Waals surface area contributed by atoms with Crippen molar-refractivity contribution in [3.05, 3.63) is 28.2 Å². The minimum Gasteiger partial charge on any atom is -0.478 e. The number of hydrogen-bond donors (Lipinski definition) is 3. The third-order valence-corrected chi connectivity index (χ3v) is 3.86. The summed E-state index contributed by atoms with van der Waals surface area (Å²) in [4.78, 5) is 23.3. The number of amides is 1. The van der Waals surface area contributed by atoms with Crippen LogP contribution in [0.2, 0.25) is 0 Å². The summed E-state index contributed by atoms with van der Waals surface area (Å²) in [6, 6.07) is 4.69. The summed E-state index contributed by atoms with van der Waals surface area (Å²) >= 11 is 3.24. The van der Waals surface area contributed by atoms with E-state index in [2.05, 4.69) is 21.2 Å². The Morgan fingerprint density at radius 2 is 1.95 bits per heavy atom. The van der Waals surface area contributed by atoms with Crippen LogP contribution in [0.1, 0.15) is 37.0 Å². The lowest BCUT2D eigenvalue weighted by atomic mass is 9.93. The molecule has 0 fully saturated rings. The number of anilines is 1. The van der Waals surface area contributed by atoms with E-state index in [1.54, 1.807) is 12.1 Å². The van der Waals surface area contributed by atoms with Gasteiger partial charge < -0.3 is 16.2 Å². The summed E-state index contributed by atoms with van der Waals surface area (Å²) in [7, 11) is 0. The molecule has 0 saturated carbocycles. The highest BCUT2D eigenvalue weighted by atomic mass is 79.9. The minimum absolute atomic E-state index is 0.0253. The van der Waals surface area contributed by atoms with Crippen LogP contribution in [0.3, 0.4) is 0 Å². The number of carbonyl (C=O) groups excluding carboxylic acids is 1. The lowest BCUT2D eigenvalue weighted by Gasteiger charge is -2.25. The molecule has 6 heteroatoms. The Kier molecular flexibility index (Phi) is 5.08. The Labute approximate surface area is 120 Å². The summed E-state index contributed by atoms with van der Waals surface area (Å²) < 4.78 is 0.510. The standard InChI is InChI=1S/C13H17BrN2O3/c1-3-13(15,4-2)12(19)16-10-8(11(17)18)6-5-7-9(10)14/h5-7H,3-4,15H2,1-2H3,(H,16,19)(H,17,18). The molecule has 0 heterocycles. The largest absolute Gasteiger partial charge is 0.478 e. The van der Waals surface area contributed by atoms with Gasteiger partial charge in [-0.1, -0.05) is 19.9 Å². The summed E-state index contributed by atoms with van der Waals surface area (Å²) in [6.07, 6.45) is 0.949. The zero-order valence-electron chi connectivity index (χ0n) is 10.9. The molecule has 0 aliphatic carbocycles. The number of hydrogen-bond acceptors (Lipinski definition) is 3. The monoisotopic (exact) mass is 328 g/mol. The molecule has 1 rings (SSSR count). The topological polar surface area (TPSA) is 92.4 Å². The van der Waals surface area contributed by atoms with Crippen LogP contribution in [0.15, 0.2) is 22.7 Å². The van der Waals surface area contributed by atoms with Crippen LogP contribution in [-0.4, -0.2) is 22.5 Å². The minimum atomic E-state index is -1.10. The molecule has 104 valence electrons. The molecule has 19 heavy (non-hydrogen) atoms. The van der Waals surface area contributed by atoms with Crippen molar-refractivity contribution < 1.29 is 14.7 Å². The molecule has 0 unspecified atom stereocenters. The number of para-hydroxylation sites is 1. The predicted octanol–water partition coefficient (Wildman–Crippen LogP) is 2.60. The van der Waals surface area contributed by atoms with Crippen molar-refractivity contribution in [3.8, 4) is 0 Å². The first-order valence-electron chi connectivity index (χ1n) is 5.97. The molecule has 0 aliphatic rings. The van der Waals surface area contributed by atoms with E-state index < -0.39 is 11.5 Å². The molecule has 0 saturated heterocycles. The smallest absolute Gasteiger partial charge is 0.337 e. The highest BCUT2D eigenvalue weighted by Gasteiger charge is 2.31. The Balaban J connectivity index is 3.13.